The predicted octanol–water partition coefficient (Wildman–Crippen LogP) is 11.2. The highest BCUT2D eigenvalue weighted by Crippen LogP contribution is 2.32. The summed E-state index contributed by atoms with van der Waals surface area (Å²) in [5.41, 5.74) is 4.00. The molecule has 0 heterocycles. The molecule has 2 unspecified atom stereocenters. The van der Waals surface area contributed by atoms with Gasteiger partial charge in [-0.05, 0) is 104 Å². The summed E-state index contributed by atoms with van der Waals surface area (Å²) in [4.78, 5) is 78.7. The third-order valence-electron chi connectivity index (χ3n) is 9.53. The number of alkyl halides is 3. The van der Waals surface area contributed by atoms with Gasteiger partial charge in [0, 0.05) is 40.4 Å². The average Bonchev–Trinajstić information content (AvgIpc) is 3.27. The molecular formula is C46H41Cl5N8O6. The molecule has 19 heteroatoms. The molecule has 0 aliphatic carbocycles. The van der Waals surface area contributed by atoms with E-state index in [1.54, 1.807) is 24.3 Å². The van der Waals surface area contributed by atoms with E-state index in [0.29, 0.717) is 41.5 Å². The molecule has 2 atom stereocenters. The number of ketones is 2. The molecule has 0 aliphatic rings. The number of rotatable bonds is 20. The van der Waals surface area contributed by atoms with Gasteiger partial charge in [-0.1, -0.05) is 71.7 Å². The molecular weight excluding hydrogens is 938 g/mol. The second-order valence-electron chi connectivity index (χ2n) is 14.1. The number of hydrogen-bond donors (Lipinski definition) is 4. The van der Waals surface area contributed by atoms with E-state index in [2.05, 4.69) is 41.7 Å². The Balaban J connectivity index is 1.28. The van der Waals surface area contributed by atoms with Crippen LogP contribution in [0.4, 0.5) is 34.1 Å². The third kappa shape index (κ3) is 13.5. The molecule has 5 rings (SSSR count). The summed E-state index contributed by atoms with van der Waals surface area (Å²) >= 11 is 31.1. The zero-order valence-electron chi connectivity index (χ0n) is 34.8. The van der Waals surface area contributed by atoms with Crippen molar-refractivity contribution in [2.45, 2.75) is 45.2 Å². The lowest BCUT2D eigenvalue weighted by molar-refractivity contribution is -0.127. The zero-order valence-corrected chi connectivity index (χ0v) is 38.6. The van der Waals surface area contributed by atoms with Gasteiger partial charge in [-0.15, -0.1) is 34.8 Å². The normalized spacial score (nSPS) is 12.1. The number of para-hydroxylation sites is 2. The maximum Gasteiger partial charge on any atom is 0.258 e. The largest absolute Gasteiger partial charge is 0.324 e. The molecule has 0 bridgehead atoms. The Bertz CT molecular complexity index is 2660. The highest BCUT2D eigenvalue weighted by atomic mass is 35.5. The monoisotopic (exact) mass is 976 g/mol. The lowest BCUT2D eigenvalue weighted by Gasteiger charge is -2.16. The standard InChI is InChI=1S/C46H41Cl5N8O6/c1-26(60)41(58-56-37-15-7-11-32(39(37)50)43(62)53-34-13-5-3-9-28(34)19-22-47)45(64)52-31-17-18-36(30(25-31)21-24-49)55-46(65)42(27(2)61)59-57-38-16-8-12-33(40(38)51)44(63)54-35-14-6-4-10-29(35)20-23-48/h3-18,25,41-42H,19-24H2,1-2H3,(H,52,64)(H,53,62)(H,54,63)(H,55,65). The highest BCUT2D eigenvalue weighted by molar-refractivity contribution is 6.37. The Kier molecular flexibility index (Phi) is 18.7. The summed E-state index contributed by atoms with van der Waals surface area (Å²) in [5.74, 6) is -3.14. The molecule has 0 saturated carbocycles. The van der Waals surface area contributed by atoms with Crippen LogP contribution in [0.25, 0.3) is 0 Å². The first-order chi connectivity index (χ1) is 31.3. The number of nitrogens with zero attached hydrogens (tertiary/aromatic N) is 4. The minimum absolute atomic E-state index is 0.0405. The van der Waals surface area contributed by atoms with Crippen molar-refractivity contribution in [1.29, 1.82) is 0 Å². The molecule has 14 nitrogen and oxygen atoms in total. The number of hydrogen-bond acceptors (Lipinski definition) is 10. The number of halogens is 5. The van der Waals surface area contributed by atoms with Crippen molar-refractivity contribution < 1.29 is 28.8 Å². The van der Waals surface area contributed by atoms with Gasteiger partial charge in [0.2, 0.25) is 12.1 Å². The topological polar surface area (TPSA) is 200 Å². The summed E-state index contributed by atoms with van der Waals surface area (Å²) in [6, 6.07) is 24.6. The fraction of sp³-hybridized carbons (Fsp3) is 0.217. The van der Waals surface area contributed by atoms with Crippen LogP contribution >= 0.6 is 58.0 Å². The van der Waals surface area contributed by atoms with E-state index in [4.69, 9.17) is 58.0 Å². The Hall–Kier alpha value is -6.03. The van der Waals surface area contributed by atoms with Crippen LogP contribution in [0.5, 0.6) is 0 Å². The Morgan fingerprint density at radius 3 is 1.35 bits per heavy atom. The number of anilines is 4. The van der Waals surface area contributed by atoms with Crippen molar-refractivity contribution in [1.82, 2.24) is 0 Å². The number of nitrogens with one attached hydrogen (secondary N) is 4. The van der Waals surface area contributed by atoms with Crippen molar-refractivity contribution in [2.75, 3.05) is 38.9 Å². The number of carbonyl (C=O) groups excluding carboxylic acids is 6. The van der Waals surface area contributed by atoms with E-state index < -0.39 is 47.3 Å². The van der Waals surface area contributed by atoms with Crippen LogP contribution in [0, 0.1) is 0 Å². The third-order valence-corrected chi connectivity index (χ3v) is 10.9. The molecule has 4 N–H and O–H groups in total. The van der Waals surface area contributed by atoms with Crippen LogP contribution in [-0.4, -0.2) is 64.9 Å². The van der Waals surface area contributed by atoms with Gasteiger partial charge >= 0.3 is 0 Å². The number of amides is 4. The first-order valence-electron chi connectivity index (χ1n) is 19.9. The number of carbonyl (C=O) groups is 6. The van der Waals surface area contributed by atoms with Crippen molar-refractivity contribution in [3.05, 3.63) is 141 Å². The van der Waals surface area contributed by atoms with Crippen molar-refractivity contribution in [3.8, 4) is 0 Å². The molecule has 4 amide bonds. The summed E-state index contributed by atoms with van der Waals surface area (Å²) in [7, 11) is 0. The van der Waals surface area contributed by atoms with E-state index in [1.807, 2.05) is 24.3 Å². The zero-order chi connectivity index (χ0) is 47.0. The smallest absolute Gasteiger partial charge is 0.258 e. The van der Waals surface area contributed by atoms with Crippen molar-refractivity contribution in [2.24, 2.45) is 20.5 Å². The fourth-order valence-corrected chi connectivity index (χ4v) is 7.35. The summed E-state index contributed by atoms with van der Waals surface area (Å²) in [6.45, 7) is 2.33. The molecule has 5 aromatic rings. The number of benzene rings is 5. The van der Waals surface area contributed by atoms with Crippen LogP contribution in [0.15, 0.2) is 124 Å². The van der Waals surface area contributed by atoms with E-state index >= 15 is 0 Å². The molecule has 65 heavy (non-hydrogen) atoms. The molecule has 0 aliphatic heterocycles. The van der Waals surface area contributed by atoms with Gasteiger partial charge < -0.3 is 21.3 Å². The van der Waals surface area contributed by atoms with Gasteiger partial charge in [0.15, 0.2) is 11.6 Å². The predicted molar refractivity (Wildman–Crippen MR) is 257 cm³/mol. The molecule has 336 valence electrons. The molecule has 5 aromatic carbocycles. The lowest BCUT2D eigenvalue weighted by atomic mass is 10.1. The second kappa shape index (κ2) is 24.3. The first-order valence-corrected chi connectivity index (χ1v) is 22.2. The highest BCUT2D eigenvalue weighted by Gasteiger charge is 2.27. The van der Waals surface area contributed by atoms with Gasteiger partial charge in [-0.2, -0.15) is 20.5 Å². The van der Waals surface area contributed by atoms with Gasteiger partial charge in [-0.25, -0.2) is 0 Å². The lowest BCUT2D eigenvalue weighted by Crippen LogP contribution is -2.32. The fourth-order valence-electron chi connectivity index (χ4n) is 6.24. The molecule has 0 spiro atoms. The van der Waals surface area contributed by atoms with Gasteiger partial charge in [0.05, 0.1) is 21.2 Å². The number of aryl methyl sites for hydroxylation is 3. The van der Waals surface area contributed by atoms with Crippen molar-refractivity contribution >= 4 is 127 Å². The van der Waals surface area contributed by atoms with Gasteiger partial charge in [0.25, 0.3) is 23.6 Å². The number of Topliss-reactive ketones (excluding diaryl/α,β-unsaturated/α-hetero) is 2. The maximum atomic E-state index is 13.5. The van der Waals surface area contributed by atoms with Gasteiger partial charge in [0.1, 0.15) is 11.4 Å². The first kappa shape index (κ1) is 50.0. The molecule has 0 radical (unpaired) electrons. The van der Waals surface area contributed by atoms with Crippen LogP contribution in [0.1, 0.15) is 51.3 Å². The summed E-state index contributed by atoms with van der Waals surface area (Å²) < 4.78 is 0. The molecule has 0 fully saturated rings. The van der Waals surface area contributed by atoms with Crippen LogP contribution in [0.3, 0.4) is 0 Å². The second-order valence-corrected chi connectivity index (χ2v) is 16.0. The number of azo groups is 2. The summed E-state index contributed by atoms with van der Waals surface area (Å²) in [5, 5.41) is 27.0. The maximum absolute atomic E-state index is 13.5. The Morgan fingerprint density at radius 1 is 0.492 bits per heavy atom. The van der Waals surface area contributed by atoms with E-state index in [0.717, 1.165) is 11.1 Å². The SMILES string of the molecule is CC(=O)C(N=Nc1cccc(C(=O)Nc2ccccc2CCCl)c1Cl)C(=O)Nc1ccc(NC(=O)C(N=Nc2cccc(C(=O)Nc3ccccc3CCCl)c2Cl)C(C)=O)c(CCCl)c1. The average molecular weight is 979 g/mol. The molecule has 0 saturated heterocycles. The Morgan fingerprint density at radius 2 is 0.908 bits per heavy atom. The minimum Gasteiger partial charge on any atom is -0.324 e. The van der Waals surface area contributed by atoms with E-state index in [1.165, 1.54) is 68.4 Å². The van der Waals surface area contributed by atoms with Crippen LogP contribution in [0.2, 0.25) is 10.0 Å². The van der Waals surface area contributed by atoms with Crippen molar-refractivity contribution in [3.63, 3.8) is 0 Å². The molecule has 0 aromatic heterocycles. The van der Waals surface area contributed by atoms with E-state index in [-0.39, 0.29) is 56.2 Å². The van der Waals surface area contributed by atoms with Gasteiger partial charge in [-0.3, -0.25) is 28.8 Å². The summed E-state index contributed by atoms with van der Waals surface area (Å²) in [6.07, 6.45) is 1.28. The quantitative estimate of drug-likeness (QED) is 0.0340. The minimum atomic E-state index is -1.61. The van der Waals surface area contributed by atoms with Crippen LogP contribution in [-0.2, 0) is 38.4 Å². The van der Waals surface area contributed by atoms with E-state index in [9.17, 15) is 28.8 Å². The van der Waals surface area contributed by atoms with Crippen LogP contribution < -0.4 is 21.3 Å². The Labute approximate surface area is 399 Å².